The van der Waals surface area contributed by atoms with Crippen LogP contribution >= 0.6 is 11.8 Å². The molecule has 1 aromatic heterocycles. The van der Waals surface area contributed by atoms with Crippen LogP contribution in [0.3, 0.4) is 0 Å². The van der Waals surface area contributed by atoms with E-state index in [9.17, 15) is 14.0 Å². The van der Waals surface area contributed by atoms with Gasteiger partial charge < -0.3 is 9.88 Å². The quantitative estimate of drug-likeness (QED) is 0.487. The Balaban J connectivity index is 1.59. The van der Waals surface area contributed by atoms with Crippen molar-refractivity contribution in [3.8, 4) is 0 Å². The van der Waals surface area contributed by atoms with Gasteiger partial charge in [0.1, 0.15) is 11.6 Å². The minimum atomic E-state index is -0.500. The van der Waals surface area contributed by atoms with Crippen LogP contribution in [0.2, 0.25) is 0 Å². The van der Waals surface area contributed by atoms with E-state index in [1.165, 1.54) is 23.9 Å². The minimum Gasteiger partial charge on any atom is -0.323 e. The number of nitrogens with zero attached hydrogens (tertiary/aromatic N) is 3. The van der Waals surface area contributed by atoms with Crippen LogP contribution < -0.4 is 5.32 Å². The Morgan fingerprint density at radius 3 is 2.54 bits per heavy atom. The van der Waals surface area contributed by atoms with Gasteiger partial charge >= 0.3 is 0 Å². The maximum atomic E-state index is 13.6. The van der Waals surface area contributed by atoms with Crippen LogP contribution in [0.4, 0.5) is 10.1 Å². The third kappa shape index (κ3) is 4.83. The van der Waals surface area contributed by atoms with Crippen molar-refractivity contribution in [2.45, 2.75) is 18.5 Å². The number of hydrogen-bond donors (Lipinski definition) is 1. The van der Waals surface area contributed by atoms with Gasteiger partial charge in [-0.25, -0.2) is 4.39 Å². The Kier molecular flexibility index (Phi) is 6.20. The van der Waals surface area contributed by atoms with Crippen molar-refractivity contribution < 1.29 is 14.0 Å². The van der Waals surface area contributed by atoms with Crippen LogP contribution in [0, 0.1) is 12.7 Å². The summed E-state index contributed by atoms with van der Waals surface area (Å²) < 4.78 is 15.3. The first kappa shape index (κ1) is 19.8. The maximum Gasteiger partial charge on any atom is 0.232 e. The lowest BCUT2D eigenvalue weighted by Crippen LogP contribution is -2.17. The minimum absolute atomic E-state index is 0.00755. The van der Waals surface area contributed by atoms with Gasteiger partial charge in [0.2, 0.25) is 5.91 Å². The number of nitrogens with one attached hydrogen (secondary N) is 1. The van der Waals surface area contributed by atoms with Gasteiger partial charge in [0.15, 0.2) is 10.9 Å². The van der Waals surface area contributed by atoms with E-state index in [1.807, 2.05) is 19.1 Å². The standard InChI is InChI=1S/C20H19FN4O2S/c1-13-7-9-14(10-8-13)17(26)12-28-20-24-23-18(25(20)2)11-19(27)22-16-6-4-3-5-15(16)21/h3-10H,11-12H2,1-2H3,(H,22,27). The van der Waals surface area contributed by atoms with Gasteiger partial charge in [-0.15, -0.1) is 10.2 Å². The summed E-state index contributed by atoms with van der Waals surface area (Å²) in [6.07, 6.45) is -0.0513. The maximum absolute atomic E-state index is 13.6. The van der Waals surface area contributed by atoms with Crippen LogP contribution in [0.15, 0.2) is 53.7 Å². The number of halogens is 1. The largest absolute Gasteiger partial charge is 0.323 e. The average Bonchev–Trinajstić information content (AvgIpc) is 3.02. The van der Waals surface area contributed by atoms with E-state index in [1.54, 1.807) is 35.9 Å². The van der Waals surface area contributed by atoms with E-state index >= 15 is 0 Å². The number of aromatic nitrogens is 3. The van der Waals surface area contributed by atoms with Gasteiger partial charge in [0, 0.05) is 12.6 Å². The number of carbonyl (C=O) groups excluding carboxylic acids is 2. The fourth-order valence-electron chi connectivity index (χ4n) is 2.48. The summed E-state index contributed by atoms with van der Waals surface area (Å²) in [5.74, 6) is -0.255. The number of carbonyl (C=O) groups is 2. The fourth-order valence-corrected chi connectivity index (χ4v) is 3.30. The monoisotopic (exact) mass is 398 g/mol. The molecular weight excluding hydrogens is 379 g/mol. The molecule has 1 amide bonds. The molecule has 0 fully saturated rings. The number of thioether (sulfide) groups is 1. The number of para-hydroxylation sites is 1. The number of rotatable bonds is 7. The lowest BCUT2D eigenvalue weighted by atomic mass is 10.1. The lowest BCUT2D eigenvalue weighted by Gasteiger charge is -2.06. The van der Waals surface area contributed by atoms with Gasteiger partial charge in [0.25, 0.3) is 0 Å². The van der Waals surface area contributed by atoms with Crippen molar-refractivity contribution in [1.29, 1.82) is 0 Å². The predicted molar refractivity (Wildman–Crippen MR) is 106 cm³/mol. The zero-order valence-electron chi connectivity index (χ0n) is 15.5. The summed E-state index contributed by atoms with van der Waals surface area (Å²) in [7, 11) is 1.73. The molecule has 28 heavy (non-hydrogen) atoms. The van der Waals surface area contributed by atoms with Gasteiger partial charge in [-0.3, -0.25) is 9.59 Å². The number of hydrogen-bond acceptors (Lipinski definition) is 5. The molecule has 6 nitrogen and oxygen atoms in total. The number of aryl methyl sites for hydroxylation is 1. The van der Waals surface area contributed by atoms with Gasteiger partial charge in [-0.05, 0) is 19.1 Å². The van der Waals surface area contributed by atoms with E-state index in [2.05, 4.69) is 15.5 Å². The highest BCUT2D eigenvalue weighted by Gasteiger charge is 2.16. The molecule has 8 heteroatoms. The number of benzene rings is 2. The number of ketones is 1. The third-order valence-corrected chi connectivity index (χ3v) is 5.12. The Labute approximate surface area is 166 Å². The highest BCUT2D eigenvalue weighted by Crippen LogP contribution is 2.18. The molecule has 0 aliphatic carbocycles. The van der Waals surface area contributed by atoms with E-state index in [0.717, 1.165) is 5.56 Å². The van der Waals surface area contributed by atoms with Gasteiger partial charge in [-0.1, -0.05) is 53.7 Å². The average molecular weight is 398 g/mol. The Morgan fingerprint density at radius 2 is 1.82 bits per heavy atom. The van der Waals surface area contributed by atoms with Crippen molar-refractivity contribution in [2.75, 3.05) is 11.1 Å². The van der Waals surface area contributed by atoms with E-state index in [0.29, 0.717) is 16.5 Å². The Bertz CT molecular complexity index is 1000. The highest BCUT2D eigenvalue weighted by atomic mass is 32.2. The molecule has 1 N–H and O–H groups in total. The molecule has 0 bridgehead atoms. The second-order valence-electron chi connectivity index (χ2n) is 6.24. The topological polar surface area (TPSA) is 76.9 Å². The van der Waals surface area contributed by atoms with Crippen LogP contribution in [0.25, 0.3) is 0 Å². The molecular formula is C20H19FN4O2S. The summed E-state index contributed by atoms with van der Waals surface area (Å²) in [5, 5.41) is 11.1. The number of Topliss-reactive ketones (excluding diaryl/α,β-unsaturated/α-hetero) is 1. The third-order valence-electron chi connectivity index (χ3n) is 4.10. The number of anilines is 1. The smallest absolute Gasteiger partial charge is 0.232 e. The van der Waals surface area contributed by atoms with Crippen molar-refractivity contribution in [3.63, 3.8) is 0 Å². The van der Waals surface area contributed by atoms with Crippen molar-refractivity contribution in [2.24, 2.45) is 7.05 Å². The molecule has 0 spiro atoms. The fraction of sp³-hybridized carbons (Fsp3) is 0.200. The van der Waals surface area contributed by atoms with Crippen molar-refractivity contribution in [1.82, 2.24) is 14.8 Å². The molecule has 0 aliphatic rings. The summed E-state index contributed by atoms with van der Waals surface area (Å²) in [6.45, 7) is 1.96. The van der Waals surface area contributed by atoms with Crippen LogP contribution in [0.5, 0.6) is 0 Å². The molecule has 3 rings (SSSR count). The summed E-state index contributed by atoms with van der Waals surface area (Å²) in [5.41, 5.74) is 1.86. The van der Waals surface area contributed by atoms with Crippen LogP contribution in [0.1, 0.15) is 21.7 Å². The molecule has 0 unspecified atom stereocenters. The normalized spacial score (nSPS) is 10.7. The SMILES string of the molecule is Cc1ccc(C(=O)CSc2nnc(CC(=O)Nc3ccccc3F)n2C)cc1. The first-order valence-corrected chi connectivity index (χ1v) is 9.58. The van der Waals surface area contributed by atoms with Gasteiger partial charge in [0.05, 0.1) is 17.9 Å². The Hall–Kier alpha value is -3.00. The predicted octanol–water partition coefficient (Wildman–Crippen LogP) is 3.42. The molecule has 0 atom stereocenters. The Morgan fingerprint density at radius 1 is 1.11 bits per heavy atom. The molecule has 0 aliphatic heterocycles. The van der Waals surface area contributed by atoms with Crippen LogP contribution in [-0.2, 0) is 18.3 Å². The number of amides is 1. The molecule has 0 radical (unpaired) electrons. The lowest BCUT2D eigenvalue weighted by molar-refractivity contribution is -0.115. The second-order valence-corrected chi connectivity index (χ2v) is 7.18. The van der Waals surface area contributed by atoms with E-state index in [-0.39, 0.29) is 23.6 Å². The molecule has 3 aromatic rings. The van der Waals surface area contributed by atoms with Crippen molar-refractivity contribution >= 4 is 29.1 Å². The summed E-state index contributed by atoms with van der Waals surface area (Å²) in [4.78, 5) is 24.4. The molecule has 144 valence electrons. The molecule has 1 heterocycles. The molecule has 2 aromatic carbocycles. The van der Waals surface area contributed by atoms with Crippen LogP contribution in [-0.4, -0.2) is 32.2 Å². The highest BCUT2D eigenvalue weighted by molar-refractivity contribution is 7.99. The first-order chi connectivity index (χ1) is 13.4. The zero-order chi connectivity index (χ0) is 20.1. The zero-order valence-corrected chi connectivity index (χ0v) is 16.3. The van der Waals surface area contributed by atoms with E-state index in [4.69, 9.17) is 0 Å². The summed E-state index contributed by atoms with van der Waals surface area (Å²) in [6, 6.07) is 13.3. The first-order valence-electron chi connectivity index (χ1n) is 8.59. The second kappa shape index (κ2) is 8.79. The summed E-state index contributed by atoms with van der Waals surface area (Å²) >= 11 is 1.26. The van der Waals surface area contributed by atoms with Gasteiger partial charge in [-0.2, -0.15) is 0 Å². The molecule has 0 saturated carbocycles. The van der Waals surface area contributed by atoms with Crippen molar-refractivity contribution in [3.05, 3.63) is 71.3 Å². The van der Waals surface area contributed by atoms with E-state index < -0.39 is 11.7 Å². The molecule has 0 saturated heterocycles.